The molecule has 1 amide bonds. The third-order valence-corrected chi connectivity index (χ3v) is 3.31. The van der Waals surface area contributed by atoms with Crippen LogP contribution in [0, 0.1) is 0 Å². The minimum absolute atomic E-state index is 0.0244. The van der Waals surface area contributed by atoms with Crippen molar-refractivity contribution in [2.45, 2.75) is 4.90 Å². The normalized spacial score (nSPS) is 10.5. The second kappa shape index (κ2) is 5.46. The molecule has 4 nitrogen and oxygen atoms in total. The number of thiol groups is 1. The van der Waals surface area contributed by atoms with Crippen LogP contribution in [0.3, 0.4) is 0 Å². The molecule has 0 fully saturated rings. The molecule has 1 aromatic heterocycles. The van der Waals surface area contributed by atoms with Crippen LogP contribution in [-0.4, -0.2) is 5.91 Å². The van der Waals surface area contributed by atoms with E-state index in [9.17, 15) is 9.59 Å². The molecule has 0 saturated carbocycles. The predicted molar refractivity (Wildman–Crippen MR) is 84.1 cm³/mol. The largest absolute Gasteiger partial charge is 0.422 e. The topological polar surface area (TPSA) is 59.3 Å². The van der Waals surface area contributed by atoms with Gasteiger partial charge in [0.15, 0.2) is 0 Å². The monoisotopic (exact) mass is 297 g/mol. The first-order chi connectivity index (χ1) is 10.1. The van der Waals surface area contributed by atoms with E-state index in [1.807, 2.05) is 6.07 Å². The number of nitrogens with one attached hydrogen (secondary N) is 1. The van der Waals surface area contributed by atoms with Gasteiger partial charge in [-0.25, -0.2) is 4.79 Å². The van der Waals surface area contributed by atoms with E-state index in [1.54, 1.807) is 42.5 Å². The Bertz CT molecular complexity index is 869. The summed E-state index contributed by atoms with van der Waals surface area (Å²) in [5, 5.41) is 3.36. The molecule has 3 aromatic rings. The van der Waals surface area contributed by atoms with Gasteiger partial charge in [0.1, 0.15) is 11.1 Å². The van der Waals surface area contributed by atoms with Gasteiger partial charge in [0.05, 0.1) is 0 Å². The van der Waals surface area contributed by atoms with Crippen LogP contribution in [0.1, 0.15) is 10.4 Å². The Balaban J connectivity index is 1.95. The minimum Gasteiger partial charge on any atom is -0.422 e. The number of carbonyl (C=O) groups excluding carboxylic acids is 1. The first-order valence-electron chi connectivity index (χ1n) is 6.27. The quantitative estimate of drug-likeness (QED) is 0.563. The third-order valence-electron chi connectivity index (χ3n) is 3.01. The fourth-order valence-corrected chi connectivity index (χ4v) is 2.11. The van der Waals surface area contributed by atoms with Crippen LogP contribution in [0.5, 0.6) is 0 Å². The standard InChI is InChI=1S/C16H11NO3S/c18-15(17-11-5-7-12(21)8-6-11)13-9-10-3-1-2-4-14(10)20-16(13)19/h1-9,21H,(H,17,18). The molecule has 104 valence electrons. The van der Waals surface area contributed by atoms with Crippen molar-refractivity contribution in [3.8, 4) is 0 Å². The highest BCUT2D eigenvalue weighted by Gasteiger charge is 2.13. The summed E-state index contributed by atoms with van der Waals surface area (Å²) in [7, 11) is 0. The summed E-state index contributed by atoms with van der Waals surface area (Å²) >= 11 is 4.17. The van der Waals surface area contributed by atoms with E-state index in [0.717, 1.165) is 4.90 Å². The molecule has 0 radical (unpaired) electrons. The molecule has 1 N–H and O–H groups in total. The first-order valence-corrected chi connectivity index (χ1v) is 6.71. The number of hydrogen-bond donors (Lipinski definition) is 2. The lowest BCUT2D eigenvalue weighted by molar-refractivity contribution is 0.102. The molecule has 0 spiro atoms. The van der Waals surface area contributed by atoms with Crippen molar-refractivity contribution < 1.29 is 9.21 Å². The molecular formula is C16H11NO3S. The number of amides is 1. The number of anilines is 1. The lowest BCUT2D eigenvalue weighted by Gasteiger charge is -2.05. The van der Waals surface area contributed by atoms with Crippen molar-refractivity contribution in [3.63, 3.8) is 0 Å². The molecule has 0 aliphatic carbocycles. The second-order valence-corrected chi connectivity index (χ2v) is 5.00. The van der Waals surface area contributed by atoms with Gasteiger partial charge >= 0.3 is 5.63 Å². The van der Waals surface area contributed by atoms with Crippen LogP contribution in [0.15, 0.2) is 68.7 Å². The molecule has 0 aliphatic heterocycles. The summed E-state index contributed by atoms with van der Waals surface area (Å²) in [5.74, 6) is -0.499. The number of hydrogen-bond acceptors (Lipinski definition) is 4. The summed E-state index contributed by atoms with van der Waals surface area (Å²) in [6.07, 6.45) is 0. The Morgan fingerprint density at radius 2 is 1.76 bits per heavy atom. The van der Waals surface area contributed by atoms with E-state index in [4.69, 9.17) is 4.42 Å². The van der Waals surface area contributed by atoms with Crippen molar-refractivity contribution in [1.82, 2.24) is 0 Å². The Hall–Kier alpha value is -2.53. The van der Waals surface area contributed by atoms with Gasteiger partial charge in [-0.05, 0) is 36.4 Å². The van der Waals surface area contributed by atoms with Gasteiger partial charge in [0, 0.05) is 16.0 Å². The van der Waals surface area contributed by atoms with Crippen LogP contribution >= 0.6 is 12.6 Å². The molecule has 1 heterocycles. The molecule has 0 bridgehead atoms. The van der Waals surface area contributed by atoms with Gasteiger partial charge in [-0.2, -0.15) is 0 Å². The number of para-hydroxylation sites is 1. The second-order valence-electron chi connectivity index (χ2n) is 4.49. The highest BCUT2D eigenvalue weighted by atomic mass is 32.1. The molecule has 21 heavy (non-hydrogen) atoms. The van der Waals surface area contributed by atoms with Crippen LogP contribution < -0.4 is 10.9 Å². The Kier molecular flexibility index (Phi) is 3.50. The Labute approximate surface area is 125 Å². The van der Waals surface area contributed by atoms with Gasteiger partial charge in [0.2, 0.25) is 0 Å². The van der Waals surface area contributed by atoms with Crippen LogP contribution in [-0.2, 0) is 0 Å². The smallest absolute Gasteiger partial charge is 0.349 e. The third kappa shape index (κ3) is 2.83. The van der Waals surface area contributed by atoms with Crippen molar-refractivity contribution in [1.29, 1.82) is 0 Å². The summed E-state index contributed by atoms with van der Waals surface area (Å²) in [6.45, 7) is 0. The van der Waals surface area contributed by atoms with Crippen molar-refractivity contribution in [3.05, 3.63) is 70.6 Å². The van der Waals surface area contributed by atoms with E-state index in [-0.39, 0.29) is 5.56 Å². The average molecular weight is 297 g/mol. The molecule has 0 aliphatic rings. The Morgan fingerprint density at radius 1 is 1.05 bits per heavy atom. The summed E-state index contributed by atoms with van der Waals surface area (Å²) in [6, 6.07) is 15.5. The zero-order valence-corrected chi connectivity index (χ0v) is 11.8. The van der Waals surface area contributed by atoms with Gasteiger partial charge in [-0.15, -0.1) is 12.6 Å². The number of fused-ring (bicyclic) bond motifs is 1. The van der Waals surface area contributed by atoms with Crippen LogP contribution in [0.25, 0.3) is 11.0 Å². The van der Waals surface area contributed by atoms with Crippen molar-refractivity contribution in [2.75, 3.05) is 5.32 Å². The fraction of sp³-hybridized carbons (Fsp3) is 0. The molecule has 0 atom stereocenters. The summed E-state index contributed by atoms with van der Waals surface area (Å²) in [4.78, 5) is 24.8. The van der Waals surface area contributed by atoms with E-state index in [1.165, 1.54) is 6.07 Å². The van der Waals surface area contributed by atoms with Gasteiger partial charge in [0.25, 0.3) is 5.91 Å². The maximum atomic E-state index is 12.2. The van der Waals surface area contributed by atoms with Crippen molar-refractivity contribution >= 4 is 35.2 Å². The highest BCUT2D eigenvalue weighted by molar-refractivity contribution is 7.80. The lowest BCUT2D eigenvalue weighted by atomic mass is 10.1. The van der Waals surface area contributed by atoms with E-state index in [2.05, 4.69) is 17.9 Å². The fourth-order valence-electron chi connectivity index (χ4n) is 1.96. The highest BCUT2D eigenvalue weighted by Crippen LogP contribution is 2.15. The predicted octanol–water partition coefficient (Wildman–Crippen LogP) is 3.33. The number of carbonyl (C=O) groups is 1. The lowest BCUT2D eigenvalue weighted by Crippen LogP contribution is -2.20. The molecular weight excluding hydrogens is 286 g/mol. The van der Waals surface area contributed by atoms with Gasteiger partial charge in [-0.1, -0.05) is 18.2 Å². The molecule has 5 heteroatoms. The molecule has 2 aromatic carbocycles. The average Bonchev–Trinajstić information content (AvgIpc) is 2.49. The molecule has 0 saturated heterocycles. The summed E-state index contributed by atoms with van der Waals surface area (Å²) < 4.78 is 5.14. The van der Waals surface area contributed by atoms with Crippen LogP contribution in [0.4, 0.5) is 5.69 Å². The number of benzene rings is 2. The molecule has 3 rings (SSSR count). The van der Waals surface area contributed by atoms with E-state index in [0.29, 0.717) is 16.7 Å². The van der Waals surface area contributed by atoms with E-state index < -0.39 is 11.5 Å². The maximum Gasteiger partial charge on any atom is 0.349 e. The van der Waals surface area contributed by atoms with Gasteiger partial charge < -0.3 is 9.73 Å². The van der Waals surface area contributed by atoms with Crippen LogP contribution in [0.2, 0.25) is 0 Å². The van der Waals surface area contributed by atoms with E-state index >= 15 is 0 Å². The zero-order valence-electron chi connectivity index (χ0n) is 10.9. The SMILES string of the molecule is O=C(Nc1ccc(S)cc1)c1cc2ccccc2oc1=O. The van der Waals surface area contributed by atoms with Crippen molar-refractivity contribution in [2.24, 2.45) is 0 Å². The maximum absolute atomic E-state index is 12.2. The number of rotatable bonds is 2. The summed E-state index contributed by atoms with van der Waals surface area (Å²) in [5.41, 5.74) is 0.365. The van der Waals surface area contributed by atoms with Gasteiger partial charge in [-0.3, -0.25) is 4.79 Å². The Morgan fingerprint density at radius 3 is 2.52 bits per heavy atom. The first kappa shape index (κ1) is 13.5. The minimum atomic E-state index is -0.656. The zero-order chi connectivity index (χ0) is 14.8. The molecule has 0 unspecified atom stereocenters.